The van der Waals surface area contributed by atoms with Crippen LogP contribution in [-0.4, -0.2) is 53.5 Å². The first kappa shape index (κ1) is 14.6. The molecule has 2 aliphatic rings. The Morgan fingerprint density at radius 3 is 2.75 bits per heavy atom. The minimum Gasteiger partial charge on any atom is -0.344 e. The van der Waals surface area contributed by atoms with Crippen LogP contribution in [0, 0.1) is 4.64 Å². The van der Waals surface area contributed by atoms with Crippen LogP contribution in [0.25, 0.3) is 0 Å². The number of aromatic nitrogens is 2. The first-order chi connectivity index (χ1) is 9.56. The molecule has 2 fully saturated rings. The van der Waals surface area contributed by atoms with Crippen molar-refractivity contribution in [1.29, 1.82) is 0 Å². The van der Waals surface area contributed by atoms with E-state index in [0.717, 1.165) is 29.9 Å². The van der Waals surface area contributed by atoms with Gasteiger partial charge in [0.1, 0.15) is 10.5 Å². The van der Waals surface area contributed by atoms with Crippen LogP contribution in [0.5, 0.6) is 0 Å². The number of hydrogen-bond donors (Lipinski definition) is 1. The van der Waals surface area contributed by atoms with Gasteiger partial charge in [-0.1, -0.05) is 12.2 Å². The summed E-state index contributed by atoms with van der Waals surface area (Å²) in [6.07, 6.45) is 3.72. The van der Waals surface area contributed by atoms with Crippen LogP contribution in [-0.2, 0) is 0 Å². The molecule has 1 saturated carbocycles. The van der Waals surface area contributed by atoms with E-state index in [9.17, 15) is 0 Å². The average Bonchev–Trinajstić information content (AvgIpc) is 3.23. The molecule has 20 heavy (non-hydrogen) atoms. The minimum absolute atomic E-state index is 0.301. The number of likely N-dealkylation sites (N-methyl/N-ethyl adjacent to an activating group) is 2. The van der Waals surface area contributed by atoms with Crippen LogP contribution in [0.2, 0.25) is 0 Å². The fourth-order valence-corrected chi connectivity index (χ4v) is 3.59. The second-order valence-electron chi connectivity index (χ2n) is 6.04. The first-order valence-corrected chi connectivity index (χ1v) is 8.44. The third-order valence-electron chi connectivity index (χ3n) is 4.28. The van der Waals surface area contributed by atoms with Crippen molar-refractivity contribution < 1.29 is 0 Å². The minimum atomic E-state index is 0.301. The van der Waals surface area contributed by atoms with Crippen LogP contribution >= 0.6 is 28.1 Å². The molecule has 1 aromatic rings. The van der Waals surface area contributed by atoms with Crippen LogP contribution in [0.1, 0.15) is 42.7 Å². The Kier molecular flexibility index (Phi) is 4.26. The van der Waals surface area contributed by atoms with Crippen LogP contribution in [0.4, 0.5) is 0 Å². The maximum atomic E-state index is 5.44. The summed E-state index contributed by atoms with van der Waals surface area (Å²) in [7, 11) is 4.36. The molecule has 4 nitrogen and oxygen atoms in total. The molecule has 110 valence electrons. The van der Waals surface area contributed by atoms with Crippen molar-refractivity contribution in [3.63, 3.8) is 0 Å². The van der Waals surface area contributed by atoms with Gasteiger partial charge in [-0.25, -0.2) is 4.98 Å². The molecule has 1 unspecified atom stereocenters. The van der Waals surface area contributed by atoms with E-state index in [-0.39, 0.29) is 0 Å². The Bertz CT molecular complexity index is 555. The molecule has 3 rings (SSSR count). The summed E-state index contributed by atoms with van der Waals surface area (Å²) >= 11 is 9.04. The number of H-pyrrole nitrogens is 1. The third kappa shape index (κ3) is 2.98. The van der Waals surface area contributed by atoms with E-state index in [1.165, 1.54) is 25.0 Å². The zero-order valence-corrected chi connectivity index (χ0v) is 14.4. The fraction of sp³-hybridized carbons (Fsp3) is 0.714. The Labute approximate surface area is 133 Å². The summed E-state index contributed by atoms with van der Waals surface area (Å²) in [4.78, 5) is 13.0. The lowest BCUT2D eigenvalue weighted by atomic mass is 10.2. The van der Waals surface area contributed by atoms with Crippen molar-refractivity contribution in [3.05, 3.63) is 20.6 Å². The molecule has 0 aromatic carbocycles. The highest BCUT2D eigenvalue weighted by molar-refractivity contribution is 9.10. The molecule has 1 atom stereocenters. The first-order valence-electron chi connectivity index (χ1n) is 7.24. The van der Waals surface area contributed by atoms with E-state index >= 15 is 0 Å². The maximum absolute atomic E-state index is 5.44. The predicted octanol–water partition coefficient (Wildman–Crippen LogP) is 3.09. The van der Waals surface area contributed by atoms with E-state index in [1.807, 2.05) is 0 Å². The summed E-state index contributed by atoms with van der Waals surface area (Å²) in [5.74, 6) is 1.66. The van der Waals surface area contributed by atoms with Gasteiger partial charge in [-0.3, -0.25) is 4.90 Å². The molecule has 1 saturated heterocycles. The zero-order chi connectivity index (χ0) is 14.3. The lowest BCUT2D eigenvalue weighted by Gasteiger charge is -2.27. The van der Waals surface area contributed by atoms with Gasteiger partial charge in [0, 0.05) is 18.2 Å². The molecule has 1 aliphatic carbocycles. The van der Waals surface area contributed by atoms with Crippen LogP contribution in [0.15, 0.2) is 4.47 Å². The monoisotopic (exact) mass is 356 g/mol. The highest BCUT2D eigenvalue weighted by Gasteiger charge is 2.30. The van der Waals surface area contributed by atoms with E-state index in [2.05, 4.69) is 49.8 Å². The zero-order valence-electron chi connectivity index (χ0n) is 12.0. The smallest absolute Gasteiger partial charge is 0.144 e. The summed E-state index contributed by atoms with van der Waals surface area (Å²) in [6.45, 7) is 3.25. The number of nitrogens with zero attached hydrogens (tertiary/aromatic N) is 3. The summed E-state index contributed by atoms with van der Waals surface area (Å²) in [5, 5.41) is 0. The van der Waals surface area contributed by atoms with Crippen molar-refractivity contribution in [1.82, 2.24) is 19.8 Å². The number of rotatable bonds is 2. The van der Waals surface area contributed by atoms with Crippen LogP contribution < -0.4 is 0 Å². The van der Waals surface area contributed by atoms with E-state index in [1.54, 1.807) is 0 Å². The van der Waals surface area contributed by atoms with Gasteiger partial charge in [0.05, 0.1) is 10.5 Å². The highest BCUT2D eigenvalue weighted by atomic mass is 79.9. The molecule has 1 aliphatic heterocycles. The lowest BCUT2D eigenvalue weighted by molar-refractivity contribution is 0.219. The standard InChI is InChI=1S/C14H21BrN4S/c1-18-6-3-7-19(2)10(8-18)13-16-12(9-4-5-9)11(15)14(20)17-13/h9-10H,3-8H2,1-2H3,(H,16,17,20). The quantitative estimate of drug-likeness (QED) is 0.825. The molecule has 0 amide bonds. The van der Waals surface area contributed by atoms with E-state index in [4.69, 9.17) is 12.2 Å². The molecule has 0 radical (unpaired) electrons. The van der Waals surface area contributed by atoms with Gasteiger partial charge in [-0.15, -0.1) is 0 Å². The largest absolute Gasteiger partial charge is 0.344 e. The molecular formula is C14H21BrN4S. The number of halogens is 1. The van der Waals surface area contributed by atoms with Gasteiger partial charge in [0.25, 0.3) is 0 Å². The van der Waals surface area contributed by atoms with Gasteiger partial charge >= 0.3 is 0 Å². The van der Waals surface area contributed by atoms with E-state index < -0.39 is 0 Å². The molecule has 0 bridgehead atoms. The number of hydrogen-bond acceptors (Lipinski definition) is 4. The molecule has 2 heterocycles. The van der Waals surface area contributed by atoms with Gasteiger partial charge < -0.3 is 9.88 Å². The average molecular weight is 357 g/mol. The van der Waals surface area contributed by atoms with E-state index in [0.29, 0.717) is 16.6 Å². The van der Waals surface area contributed by atoms with Crippen LogP contribution in [0.3, 0.4) is 0 Å². The fourth-order valence-electron chi connectivity index (χ4n) is 2.87. The summed E-state index contributed by atoms with van der Waals surface area (Å²) in [5.41, 5.74) is 1.25. The summed E-state index contributed by atoms with van der Waals surface area (Å²) in [6, 6.07) is 0.301. The van der Waals surface area contributed by atoms with Crippen molar-refractivity contribution in [2.24, 2.45) is 0 Å². The van der Waals surface area contributed by atoms with Gasteiger partial charge in [-0.05, 0) is 62.4 Å². The highest BCUT2D eigenvalue weighted by Crippen LogP contribution is 2.42. The maximum Gasteiger partial charge on any atom is 0.144 e. The van der Waals surface area contributed by atoms with Crippen molar-refractivity contribution in [2.75, 3.05) is 33.7 Å². The lowest BCUT2D eigenvalue weighted by Crippen LogP contribution is -2.32. The Hall–Kier alpha value is -0.300. The topological polar surface area (TPSA) is 35.2 Å². The molecule has 1 aromatic heterocycles. The Balaban J connectivity index is 1.97. The number of aromatic amines is 1. The Morgan fingerprint density at radius 2 is 2.05 bits per heavy atom. The second kappa shape index (κ2) is 5.83. The normalized spacial score (nSPS) is 25.6. The second-order valence-corrected chi connectivity index (χ2v) is 7.22. The predicted molar refractivity (Wildman–Crippen MR) is 86.6 cm³/mol. The number of nitrogens with one attached hydrogen (secondary N) is 1. The molecule has 1 N–H and O–H groups in total. The van der Waals surface area contributed by atoms with Gasteiger partial charge in [0.15, 0.2) is 0 Å². The van der Waals surface area contributed by atoms with Crippen molar-refractivity contribution in [3.8, 4) is 0 Å². The van der Waals surface area contributed by atoms with Gasteiger partial charge in [0.2, 0.25) is 0 Å². The molecule has 6 heteroatoms. The molecule has 0 spiro atoms. The van der Waals surface area contributed by atoms with Crippen molar-refractivity contribution >= 4 is 28.1 Å². The SMILES string of the molecule is CN1CCCN(C)C(c2nc(=S)c(Br)c(C3CC3)[nH]2)C1. The molecular weight excluding hydrogens is 336 g/mol. The third-order valence-corrected chi connectivity index (χ3v) is 5.64. The van der Waals surface area contributed by atoms with Gasteiger partial charge in [-0.2, -0.15) is 0 Å². The summed E-state index contributed by atoms with van der Waals surface area (Å²) < 4.78 is 1.68. The van der Waals surface area contributed by atoms with Crippen molar-refractivity contribution in [2.45, 2.75) is 31.2 Å². The Morgan fingerprint density at radius 1 is 1.30 bits per heavy atom.